The third-order valence-corrected chi connectivity index (χ3v) is 1.79. The molecule has 0 saturated heterocycles. The molecule has 0 fully saturated rings. The number of rotatable bonds is 3. The zero-order chi connectivity index (χ0) is 9.97. The van der Waals surface area contributed by atoms with Crippen LogP contribution in [-0.2, 0) is 0 Å². The second-order valence-corrected chi connectivity index (χ2v) is 2.64. The van der Waals surface area contributed by atoms with Gasteiger partial charge in [-0.1, -0.05) is 6.58 Å². The predicted octanol–water partition coefficient (Wildman–Crippen LogP) is 1.83. The van der Waals surface area contributed by atoms with Crippen molar-refractivity contribution < 1.29 is 9.21 Å². The summed E-state index contributed by atoms with van der Waals surface area (Å²) in [4.78, 5) is 15.3. The highest BCUT2D eigenvalue weighted by molar-refractivity contribution is 6.01. The van der Waals surface area contributed by atoms with E-state index in [1.54, 1.807) is 29.1 Å². The summed E-state index contributed by atoms with van der Waals surface area (Å²) in [5.74, 6) is 0.633. The molecule has 4 nitrogen and oxygen atoms in total. The fraction of sp³-hybridized carbons (Fsp3) is 0. The third kappa shape index (κ3) is 1.26. The van der Waals surface area contributed by atoms with Crippen LogP contribution in [0.15, 0.2) is 47.9 Å². The number of aromatic nitrogens is 2. The molecule has 2 rings (SSSR count). The van der Waals surface area contributed by atoms with E-state index in [0.717, 1.165) is 0 Å². The number of hydrogen-bond acceptors (Lipinski definition) is 3. The van der Waals surface area contributed by atoms with Crippen molar-refractivity contribution in [3.63, 3.8) is 0 Å². The Morgan fingerprint density at radius 3 is 3.14 bits per heavy atom. The Hall–Kier alpha value is -2.10. The van der Waals surface area contributed by atoms with Crippen LogP contribution in [0.1, 0.15) is 10.6 Å². The Morgan fingerprint density at radius 1 is 1.64 bits per heavy atom. The Morgan fingerprint density at radius 2 is 2.50 bits per heavy atom. The molecule has 0 spiro atoms. The number of carbonyl (C=O) groups is 1. The average molecular weight is 188 g/mol. The Kier molecular flexibility index (Phi) is 2.02. The molecule has 0 N–H and O–H groups in total. The molecule has 2 aromatic heterocycles. The first-order valence-corrected chi connectivity index (χ1v) is 4.07. The maximum atomic E-state index is 11.3. The van der Waals surface area contributed by atoms with E-state index in [4.69, 9.17) is 4.42 Å². The molecule has 0 bridgehead atoms. The smallest absolute Gasteiger partial charge is 0.221 e. The van der Waals surface area contributed by atoms with Crippen LogP contribution < -0.4 is 0 Å². The molecular weight excluding hydrogens is 180 g/mol. The molecule has 2 heterocycles. The molecule has 4 heteroatoms. The summed E-state index contributed by atoms with van der Waals surface area (Å²) in [5, 5.41) is 0. The summed E-state index contributed by atoms with van der Waals surface area (Å²) in [6, 6.07) is 3.50. The summed E-state index contributed by atoms with van der Waals surface area (Å²) in [7, 11) is 0. The van der Waals surface area contributed by atoms with Crippen molar-refractivity contribution in [3.8, 4) is 5.88 Å². The molecule has 2 aromatic rings. The van der Waals surface area contributed by atoms with Gasteiger partial charge >= 0.3 is 0 Å². The molecule has 14 heavy (non-hydrogen) atoms. The minimum atomic E-state index is -0.230. The molecule has 0 atom stereocenters. The van der Waals surface area contributed by atoms with E-state index in [0.29, 0.717) is 11.7 Å². The summed E-state index contributed by atoms with van der Waals surface area (Å²) >= 11 is 0. The lowest BCUT2D eigenvalue weighted by atomic mass is 10.3. The van der Waals surface area contributed by atoms with Crippen molar-refractivity contribution in [1.82, 2.24) is 9.55 Å². The van der Waals surface area contributed by atoms with Gasteiger partial charge in [-0.2, -0.15) is 0 Å². The maximum Gasteiger partial charge on any atom is 0.221 e. The average Bonchev–Trinajstić information content (AvgIpc) is 2.85. The Labute approximate surface area is 80.5 Å². The molecule has 0 aliphatic carbocycles. The van der Waals surface area contributed by atoms with Gasteiger partial charge in [0, 0.05) is 18.5 Å². The fourth-order valence-corrected chi connectivity index (χ4v) is 1.16. The van der Waals surface area contributed by atoms with Gasteiger partial charge < -0.3 is 4.42 Å². The van der Waals surface area contributed by atoms with E-state index in [2.05, 4.69) is 11.6 Å². The van der Waals surface area contributed by atoms with Gasteiger partial charge in [-0.15, -0.1) is 0 Å². The number of imidazole rings is 1. The van der Waals surface area contributed by atoms with Crippen LogP contribution in [-0.4, -0.2) is 15.3 Å². The van der Waals surface area contributed by atoms with Crippen LogP contribution >= 0.6 is 0 Å². The van der Waals surface area contributed by atoms with Crippen LogP contribution in [0.25, 0.3) is 5.88 Å². The summed E-state index contributed by atoms with van der Waals surface area (Å²) in [5.41, 5.74) is 0. The van der Waals surface area contributed by atoms with Crippen molar-refractivity contribution in [2.24, 2.45) is 0 Å². The van der Waals surface area contributed by atoms with Gasteiger partial charge in [0.25, 0.3) is 0 Å². The van der Waals surface area contributed by atoms with Gasteiger partial charge in [0.2, 0.25) is 11.7 Å². The molecule has 0 aliphatic rings. The first-order valence-electron chi connectivity index (χ1n) is 4.07. The molecule has 0 radical (unpaired) electrons. The summed E-state index contributed by atoms with van der Waals surface area (Å²) < 4.78 is 6.72. The van der Waals surface area contributed by atoms with E-state index >= 15 is 0 Å². The number of hydrogen-bond donors (Lipinski definition) is 0. The second kappa shape index (κ2) is 3.33. The molecule has 0 aliphatic heterocycles. The summed E-state index contributed by atoms with van der Waals surface area (Å²) in [6.07, 6.45) is 5.97. The van der Waals surface area contributed by atoms with Crippen molar-refractivity contribution in [3.05, 3.63) is 49.3 Å². The fourth-order valence-electron chi connectivity index (χ4n) is 1.16. The van der Waals surface area contributed by atoms with Crippen molar-refractivity contribution in [1.29, 1.82) is 0 Å². The van der Waals surface area contributed by atoms with Gasteiger partial charge in [-0.05, 0) is 12.1 Å². The third-order valence-electron chi connectivity index (χ3n) is 1.79. The van der Waals surface area contributed by atoms with E-state index in [1.807, 2.05) is 0 Å². The van der Waals surface area contributed by atoms with Gasteiger partial charge in [0.15, 0.2) is 5.82 Å². The lowest BCUT2D eigenvalue weighted by Crippen LogP contribution is -2.05. The Balaban J connectivity index is 2.50. The number of carbonyl (C=O) groups excluding carboxylic acids is 1. The topological polar surface area (TPSA) is 48.0 Å². The highest BCUT2D eigenvalue weighted by Crippen LogP contribution is 2.11. The van der Waals surface area contributed by atoms with E-state index in [1.165, 1.54) is 12.3 Å². The van der Waals surface area contributed by atoms with E-state index in [9.17, 15) is 4.79 Å². The number of allylic oxidation sites excluding steroid dienone is 1. The zero-order valence-corrected chi connectivity index (χ0v) is 7.38. The molecular formula is C10H8N2O2. The minimum absolute atomic E-state index is 0.230. The van der Waals surface area contributed by atoms with Crippen LogP contribution in [0.3, 0.4) is 0 Å². The lowest BCUT2D eigenvalue weighted by Gasteiger charge is -1.99. The first kappa shape index (κ1) is 8.50. The van der Waals surface area contributed by atoms with Gasteiger partial charge in [-0.3, -0.25) is 9.36 Å². The quantitative estimate of drug-likeness (QED) is 0.545. The van der Waals surface area contributed by atoms with Crippen LogP contribution in [0, 0.1) is 0 Å². The van der Waals surface area contributed by atoms with E-state index in [-0.39, 0.29) is 5.78 Å². The van der Waals surface area contributed by atoms with E-state index < -0.39 is 0 Å². The maximum absolute atomic E-state index is 11.3. The molecule has 70 valence electrons. The number of furan rings is 1. The second-order valence-electron chi connectivity index (χ2n) is 2.64. The van der Waals surface area contributed by atoms with Crippen LogP contribution in [0.5, 0.6) is 0 Å². The highest BCUT2D eigenvalue weighted by atomic mass is 16.3. The number of ketones is 1. The highest BCUT2D eigenvalue weighted by Gasteiger charge is 2.11. The number of nitrogens with zero attached hydrogens (tertiary/aromatic N) is 2. The normalized spacial score (nSPS) is 10.0. The molecule has 0 amide bonds. The zero-order valence-electron chi connectivity index (χ0n) is 7.38. The van der Waals surface area contributed by atoms with Crippen LogP contribution in [0.2, 0.25) is 0 Å². The van der Waals surface area contributed by atoms with Gasteiger partial charge in [0.1, 0.15) is 0 Å². The van der Waals surface area contributed by atoms with Gasteiger partial charge in [-0.25, -0.2) is 4.98 Å². The lowest BCUT2D eigenvalue weighted by molar-refractivity contribution is 0.103. The molecule has 0 unspecified atom stereocenters. The van der Waals surface area contributed by atoms with Crippen LogP contribution in [0.4, 0.5) is 0 Å². The standard InChI is InChI=1S/C10H8N2O2/c1-2-8(13)10-11-5-6-12(10)9-4-3-7-14-9/h2-7H,1H2. The SMILES string of the molecule is C=CC(=O)c1nccn1-c1ccco1. The Bertz CT molecular complexity index is 454. The first-order chi connectivity index (χ1) is 6.83. The molecule has 0 saturated carbocycles. The monoisotopic (exact) mass is 188 g/mol. The van der Waals surface area contributed by atoms with Gasteiger partial charge in [0.05, 0.1) is 6.26 Å². The minimum Gasteiger partial charge on any atom is -0.448 e. The van der Waals surface area contributed by atoms with Crippen molar-refractivity contribution >= 4 is 5.78 Å². The van der Waals surface area contributed by atoms with Crippen molar-refractivity contribution in [2.75, 3.05) is 0 Å². The predicted molar refractivity (Wildman–Crippen MR) is 50.4 cm³/mol. The molecule has 0 aromatic carbocycles. The van der Waals surface area contributed by atoms with Crippen molar-refractivity contribution in [2.45, 2.75) is 0 Å². The summed E-state index contributed by atoms with van der Waals surface area (Å²) in [6.45, 7) is 3.41. The largest absolute Gasteiger partial charge is 0.448 e.